The summed E-state index contributed by atoms with van der Waals surface area (Å²) in [7, 11) is 0. The average molecular weight is 335 g/mol. The Labute approximate surface area is 136 Å². The molecule has 2 atom stereocenters. The molecule has 112 valence electrons. The number of nitrogens with zero attached hydrogens (tertiary/aromatic N) is 3. The molecule has 2 unspecified atom stereocenters. The summed E-state index contributed by atoms with van der Waals surface area (Å²) in [5.41, 5.74) is 1.71. The topological polar surface area (TPSA) is 59.8 Å². The van der Waals surface area contributed by atoms with Gasteiger partial charge in [0.25, 0.3) is 0 Å². The molecule has 2 heterocycles. The normalized spacial score (nSPS) is 23.4. The summed E-state index contributed by atoms with van der Waals surface area (Å²) in [4.78, 5) is 16.7. The molecule has 1 aromatic heterocycles. The van der Waals surface area contributed by atoms with Crippen molar-refractivity contribution in [2.45, 2.75) is 18.9 Å². The number of ketones is 1. The zero-order valence-electron chi connectivity index (χ0n) is 11.5. The number of hydrogen-bond donors (Lipinski definition) is 1. The lowest BCUT2D eigenvalue weighted by molar-refractivity contribution is -0.123. The maximum absolute atomic E-state index is 12.5. The van der Waals surface area contributed by atoms with Crippen molar-refractivity contribution in [1.82, 2.24) is 14.8 Å². The predicted octanol–water partition coefficient (Wildman–Crippen LogP) is 3.46. The van der Waals surface area contributed by atoms with Crippen molar-refractivity contribution < 1.29 is 4.79 Å². The zero-order chi connectivity index (χ0) is 15.3. The lowest BCUT2D eigenvalue weighted by atomic mass is 9.81. The number of benzene rings is 1. The third-order valence-corrected chi connectivity index (χ3v) is 4.69. The molecule has 1 aromatic carbocycles. The fourth-order valence-electron chi connectivity index (χ4n) is 3.17. The highest BCUT2D eigenvalue weighted by Crippen LogP contribution is 2.43. The molecule has 22 heavy (non-hydrogen) atoms. The summed E-state index contributed by atoms with van der Waals surface area (Å²) >= 11 is 12.4. The molecule has 0 saturated heterocycles. The van der Waals surface area contributed by atoms with E-state index in [9.17, 15) is 4.79 Å². The molecule has 0 bridgehead atoms. The van der Waals surface area contributed by atoms with E-state index in [0.29, 0.717) is 22.4 Å². The van der Waals surface area contributed by atoms with Crippen LogP contribution in [0.1, 0.15) is 24.4 Å². The van der Waals surface area contributed by atoms with Crippen molar-refractivity contribution in [2.24, 2.45) is 5.92 Å². The minimum Gasteiger partial charge on any atom is -0.328 e. The second-order valence-corrected chi connectivity index (χ2v) is 6.25. The standard InChI is InChI=1S/C15H12Cl2N4O/c16-8-4-5-9(10(17)6-8)14-13-11(2-1-3-12(13)22)20-15-18-7-19-21(14)15/h2,4-7,13-14H,1,3H2,(H,18,19,20). The number of fused-ring (bicyclic) bond motifs is 2. The molecule has 0 spiro atoms. The molecule has 0 fully saturated rings. The van der Waals surface area contributed by atoms with Crippen LogP contribution in [0.3, 0.4) is 0 Å². The Hall–Kier alpha value is -1.85. The lowest BCUT2D eigenvalue weighted by Crippen LogP contribution is -2.38. The van der Waals surface area contributed by atoms with Crippen molar-refractivity contribution in [3.8, 4) is 0 Å². The van der Waals surface area contributed by atoms with Gasteiger partial charge in [0.2, 0.25) is 5.95 Å². The maximum Gasteiger partial charge on any atom is 0.226 e. The number of anilines is 1. The highest BCUT2D eigenvalue weighted by atomic mass is 35.5. The fraction of sp³-hybridized carbons (Fsp3) is 0.267. The molecular formula is C15H12Cl2N4O. The highest BCUT2D eigenvalue weighted by Gasteiger charge is 2.41. The number of nitrogens with one attached hydrogen (secondary N) is 1. The first-order chi connectivity index (χ1) is 10.6. The third kappa shape index (κ3) is 2.04. The Kier molecular flexibility index (Phi) is 3.20. The fourth-order valence-corrected chi connectivity index (χ4v) is 3.69. The van der Waals surface area contributed by atoms with Crippen molar-refractivity contribution in [2.75, 3.05) is 5.32 Å². The second-order valence-electron chi connectivity index (χ2n) is 5.41. The van der Waals surface area contributed by atoms with Gasteiger partial charge in [0.1, 0.15) is 12.1 Å². The van der Waals surface area contributed by atoms with E-state index in [1.54, 1.807) is 16.8 Å². The van der Waals surface area contributed by atoms with Gasteiger partial charge in [0.15, 0.2) is 0 Å². The van der Waals surface area contributed by atoms with Crippen LogP contribution in [0.2, 0.25) is 10.0 Å². The zero-order valence-corrected chi connectivity index (χ0v) is 13.0. The van der Waals surface area contributed by atoms with Gasteiger partial charge >= 0.3 is 0 Å². The van der Waals surface area contributed by atoms with Gasteiger partial charge in [0.05, 0.1) is 12.0 Å². The molecule has 0 radical (unpaired) electrons. The Morgan fingerprint density at radius 3 is 3.00 bits per heavy atom. The number of hydrogen-bond acceptors (Lipinski definition) is 4. The predicted molar refractivity (Wildman–Crippen MR) is 84.1 cm³/mol. The van der Waals surface area contributed by atoms with Gasteiger partial charge in [-0.15, -0.1) is 0 Å². The first kappa shape index (κ1) is 13.8. The van der Waals surface area contributed by atoms with Gasteiger partial charge < -0.3 is 5.32 Å². The van der Waals surface area contributed by atoms with Crippen LogP contribution >= 0.6 is 23.2 Å². The van der Waals surface area contributed by atoms with E-state index in [4.69, 9.17) is 23.2 Å². The van der Waals surface area contributed by atoms with Gasteiger partial charge in [0, 0.05) is 22.2 Å². The van der Waals surface area contributed by atoms with Crippen LogP contribution in [0.4, 0.5) is 5.95 Å². The summed E-state index contributed by atoms with van der Waals surface area (Å²) in [6.45, 7) is 0. The Bertz CT molecular complexity index is 799. The van der Waals surface area contributed by atoms with E-state index >= 15 is 0 Å². The van der Waals surface area contributed by atoms with Gasteiger partial charge in [-0.3, -0.25) is 4.79 Å². The van der Waals surface area contributed by atoms with E-state index in [1.807, 2.05) is 6.07 Å². The summed E-state index contributed by atoms with van der Waals surface area (Å²) in [6, 6.07) is 5.01. The van der Waals surface area contributed by atoms with Gasteiger partial charge in [-0.05, 0) is 24.1 Å². The van der Waals surface area contributed by atoms with Crippen LogP contribution in [-0.2, 0) is 4.79 Å². The molecule has 0 amide bonds. The molecule has 2 aliphatic rings. The van der Waals surface area contributed by atoms with Crippen LogP contribution in [0.25, 0.3) is 0 Å². The summed E-state index contributed by atoms with van der Waals surface area (Å²) in [5, 5.41) is 8.56. The number of Topliss-reactive ketones (excluding diaryl/α,β-unsaturated/α-hetero) is 1. The van der Waals surface area contributed by atoms with E-state index in [1.165, 1.54) is 6.33 Å². The van der Waals surface area contributed by atoms with Crippen LogP contribution in [0.5, 0.6) is 0 Å². The highest BCUT2D eigenvalue weighted by molar-refractivity contribution is 6.35. The number of halogens is 2. The molecule has 4 rings (SSSR count). The molecule has 5 nitrogen and oxygen atoms in total. The largest absolute Gasteiger partial charge is 0.328 e. The van der Waals surface area contributed by atoms with E-state index < -0.39 is 0 Å². The number of carbonyl (C=O) groups is 1. The quantitative estimate of drug-likeness (QED) is 0.867. The lowest BCUT2D eigenvalue weighted by Gasteiger charge is -2.36. The SMILES string of the molecule is O=C1CCC=C2Nc3ncnn3C(c3ccc(Cl)cc3Cl)C12. The maximum atomic E-state index is 12.5. The monoisotopic (exact) mass is 334 g/mol. The van der Waals surface area contributed by atoms with Crippen molar-refractivity contribution in [1.29, 1.82) is 0 Å². The van der Waals surface area contributed by atoms with Crippen LogP contribution < -0.4 is 5.32 Å². The minimum atomic E-state index is -0.318. The van der Waals surface area contributed by atoms with Crippen LogP contribution in [-0.4, -0.2) is 20.5 Å². The molecule has 7 heteroatoms. The van der Waals surface area contributed by atoms with E-state index in [0.717, 1.165) is 17.7 Å². The van der Waals surface area contributed by atoms with Gasteiger partial charge in [-0.2, -0.15) is 10.1 Å². The van der Waals surface area contributed by atoms with Gasteiger partial charge in [-0.25, -0.2) is 4.68 Å². The second kappa shape index (κ2) is 5.11. The van der Waals surface area contributed by atoms with Crippen molar-refractivity contribution in [3.05, 3.63) is 51.9 Å². The summed E-state index contributed by atoms with van der Waals surface area (Å²) < 4.78 is 1.72. The third-order valence-electron chi connectivity index (χ3n) is 4.13. The summed E-state index contributed by atoms with van der Waals surface area (Å²) in [6.07, 6.45) is 4.80. The van der Waals surface area contributed by atoms with E-state index in [2.05, 4.69) is 21.5 Å². The molecular weight excluding hydrogens is 323 g/mol. The van der Waals surface area contributed by atoms with Crippen LogP contribution in [0, 0.1) is 5.92 Å². The smallest absolute Gasteiger partial charge is 0.226 e. The number of allylic oxidation sites excluding steroid dienone is 2. The number of carbonyl (C=O) groups excluding carboxylic acids is 1. The van der Waals surface area contributed by atoms with Crippen molar-refractivity contribution in [3.63, 3.8) is 0 Å². The molecule has 2 aromatic rings. The van der Waals surface area contributed by atoms with E-state index in [-0.39, 0.29) is 17.7 Å². The molecule has 1 N–H and O–H groups in total. The Morgan fingerprint density at radius 1 is 1.32 bits per heavy atom. The Balaban J connectivity index is 1.93. The summed E-state index contributed by atoms with van der Waals surface area (Å²) in [5.74, 6) is 0.483. The average Bonchev–Trinajstić information content (AvgIpc) is 2.94. The molecule has 0 saturated carbocycles. The van der Waals surface area contributed by atoms with Crippen LogP contribution in [0.15, 0.2) is 36.3 Å². The Morgan fingerprint density at radius 2 is 2.18 bits per heavy atom. The van der Waals surface area contributed by atoms with Crippen molar-refractivity contribution >= 4 is 34.9 Å². The number of rotatable bonds is 1. The molecule has 1 aliphatic carbocycles. The number of aromatic nitrogens is 3. The van der Waals surface area contributed by atoms with Gasteiger partial charge in [-0.1, -0.05) is 35.3 Å². The first-order valence-electron chi connectivity index (χ1n) is 6.99. The first-order valence-corrected chi connectivity index (χ1v) is 7.75. The molecule has 1 aliphatic heterocycles. The minimum absolute atomic E-state index is 0.183.